The highest BCUT2D eigenvalue weighted by Crippen LogP contribution is 2.51. The average molecular weight is 451 g/mol. The van der Waals surface area contributed by atoms with Crippen molar-refractivity contribution in [3.05, 3.63) is 0 Å². The summed E-state index contributed by atoms with van der Waals surface area (Å²) in [7, 11) is 0. The van der Waals surface area contributed by atoms with E-state index in [0.29, 0.717) is 0 Å². The molecule has 0 aliphatic heterocycles. The molecule has 0 aliphatic carbocycles. The first kappa shape index (κ1) is 29.0. The van der Waals surface area contributed by atoms with Crippen molar-refractivity contribution >= 4 is 23.9 Å². The van der Waals surface area contributed by atoms with Crippen molar-refractivity contribution in [3.63, 3.8) is 0 Å². The zero-order chi connectivity index (χ0) is 24.6. The second kappa shape index (κ2) is 14.9. The van der Waals surface area contributed by atoms with E-state index in [0.717, 1.165) is 0 Å². The maximum Gasteiger partial charge on any atom is 0.325 e. The molecule has 0 heterocycles. The summed E-state index contributed by atoms with van der Waals surface area (Å²) >= 11 is 0. The van der Waals surface area contributed by atoms with Gasteiger partial charge in [0.15, 0.2) is 10.8 Å². The predicted octanol–water partition coefficient (Wildman–Crippen LogP) is 2.82. The van der Waals surface area contributed by atoms with Crippen molar-refractivity contribution in [3.8, 4) is 24.7 Å². The average Bonchev–Trinajstić information content (AvgIpc) is 2.75. The number of hydrogen-bond acceptors (Lipinski definition) is 8. The first-order chi connectivity index (χ1) is 15.3. The van der Waals surface area contributed by atoms with Gasteiger partial charge in [0.1, 0.15) is 0 Å². The number of rotatable bonds is 15. The molecule has 0 unspecified atom stereocenters. The van der Waals surface area contributed by atoms with Crippen LogP contribution in [0.2, 0.25) is 0 Å². The van der Waals surface area contributed by atoms with Crippen LogP contribution in [-0.4, -0.2) is 50.3 Å². The molecule has 0 N–H and O–H groups in total. The summed E-state index contributed by atoms with van der Waals surface area (Å²) in [4.78, 5) is 53.8. The number of esters is 4. The van der Waals surface area contributed by atoms with Gasteiger partial charge in [0, 0.05) is 12.8 Å². The number of carbonyl (C=O) groups is 4. The molecule has 178 valence electrons. The van der Waals surface area contributed by atoms with Crippen LogP contribution >= 0.6 is 0 Å². The molecule has 0 radical (unpaired) electrons. The molecule has 0 aliphatic rings. The molecular weight excluding hydrogens is 416 g/mol. The van der Waals surface area contributed by atoms with Crippen molar-refractivity contribution in [2.45, 2.75) is 66.2 Å². The van der Waals surface area contributed by atoms with E-state index in [-0.39, 0.29) is 65.0 Å². The molecule has 8 nitrogen and oxygen atoms in total. The Labute approximate surface area is 190 Å². The highest BCUT2D eigenvalue weighted by molar-refractivity contribution is 6.14. The Balaban J connectivity index is 7.29. The lowest BCUT2D eigenvalue weighted by Crippen LogP contribution is -2.63. The summed E-state index contributed by atoms with van der Waals surface area (Å²) in [5.41, 5.74) is -4.72. The standard InChI is InChI=1S/C24H34O8/c1-7-13-15-17-23(19(25)29-9-3,20(26)30-10-4)24(18-16-14-8-2,21(27)31-11-5)22(28)32-12-6/h1-2H,9-18H2,3-6H3. The third kappa shape index (κ3) is 6.26. The summed E-state index contributed by atoms with van der Waals surface area (Å²) in [6.45, 7) is 5.80. The second-order valence-electron chi connectivity index (χ2n) is 6.81. The van der Waals surface area contributed by atoms with Crippen molar-refractivity contribution in [1.29, 1.82) is 0 Å². The lowest BCUT2D eigenvalue weighted by atomic mass is 9.58. The minimum atomic E-state index is -2.36. The van der Waals surface area contributed by atoms with Crippen molar-refractivity contribution in [2.75, 3.05) is 26.4 Å². The van der Waals surface area contributed by atoms with Crippen LogP contribution in [0, 0.1) is 35.5 Å². The molecule has 0 rings (SSSR count). The van der Waals surface area contributed by atoms with Crippen molar-refractivity contribution in [2.24, 2.45) is 10.8 Å². The number of unbranched alkanes of at least 4 members (excludes halogenated alkanes) is 2. The number of hydrogen-bond donors (Lipinski definition) is 0. The molecule has 0 saturated carbocycles. The molecule has 8 heteroatoms. The Morgan fingerprint density at radius 3 is 1.03 bits per heavy atom. The van der Waals surface area contributed by atoms with Crippen LogP contribution < -0.4 is 0 Å². The lowest BCUT2D eigenvalue weighted by molar-refractivity contribution is -0.205. The summed E-state index contributed by atoms with van der Waals surface area (Å²) in [6, 6.07) is 0. The molecule has 0 spiro atoms. The summed E-state index contributed by atoms with van der Waals surface area (Å²) in [5.74, 6) is 0.575. The topological polar surface area (TPSA) is 105 Å². The first-order valence-electron chi connectivity index (χ1n) is 10.9. The molecule has 0 aromatic carbocycles. The minimum absolute atomic E-state index is 0.0960. The van der Waals surface area contributed by atoms with E-state index in [1.165, 1.54) is 0 Å². The Hall–Kier alpha value is -3.00. The fourth-order valence-electron chi connectivity index (χ4n) is 3.63. The van der Waals surface area contributed by atoms with Gasteiger partial charge in [0.25, 0.3) is 0 Å². The van der Waals surface area contributed by atoms with Crippen LogP contribution in [0.3, 0.4) is 0 Å². The van der Waals surface area contributed by atoms with Gasteiger partial charge in [-0.25, -0.2) is 0 Å². The fourth-order valence-corrected chi connectivity index (χ4v) is 3.63. The maximum atomic E-state index is 13.4. The third-order valence-electron chi connectivity index (χ3n) is 4.97. The molecule has 0 atom stereocenters. The summed E-state index contributed by atoms with van der Waals surface area (Å²) < 4.78 is 20.9. The number of terminal acetylenes is 2. The molecule has 0 aromatic rings. The monoisotopic (exact) mass is 450 g/mol. The van der Waals surface area contributed by atoms with E-state index < -0.39 is 34.7 Å². The van der Waals surface area contributed by atoms with Crippen LogP contribution in [0.25, 0.3) is 0 Å². The number of ether oxygens (including phenoxy) is 4. The van der Waals surface area contributed by atoms with E-state index in [9.17, 15) is 19.2 Å². The molecule has 0 aromatic heterocycles. The van der Waals surface area contributed by atoms with Crippen LogP contribution in [0.15, 0.2) is 0 Å². The van der Waals surface area contributed by atoms with E-state index in [1.54, 1.807) is 27.7 Å². The van der Waals surface area contributed by atoms with Gasteiger partial charge in [0.05, 0.1) is 26.4 Å². The van der Waals surface area contributed by atoms with Gasteiger partial charge in [-0.1, -0.05) is 0 Å². The SMILES string of the molecule is C#CCCCC(C(=O)OCC)(C(=O)OCC)C(CCCC#C)(C(=O)OCC)C(=O)OCC. The minimum Gasteiger partial charge on any atom is -0.465 e. The largest absolute Gasteiger partial charge is 0.465 e. The van der Waals surface area contributed by atoms with E-state index in [1.807, 2.05) is 0 Å². The van der Waals surface area contributed by atoms with Crippen molar-refractivity contribution < 1.29 is 38.1 Å². The third-order valence-corrected chi connectivity index (χ3v) is 4.97. The first-order valence-corrected chi connectivity index (χ1v) is 10.9. The van der Waals surface area contributed by atoms with Gasteiger partial charge >= 0.3 is 23.9 Å². The molecule has 0 amide bonds. The lowest BCUT2D eigenvalue weighted by Gasteiger charge is -2.42. The highest BCUT2D eigenvalue weighted by atomic mass is 16.6. The molecule has 0 bridgehead atoms. The van der Waals surface area contributed by atoms with Gasteiger partial charge < -0.3 is 18.9 Å². The quantitative estimate of drug-likeness (QED) is 0.123. The summed E-state index contributed by atoms with van der Waals surface area (Å²) in [5, 5.41) is 0. The fraction of sp³-hybridized carbons (Fsp3) is 0.667. The summed E-state index contributed by atoms with van der Waals surface area (Å²) in [6.07, 6.45) is 10.8. The zero-order valence-electron chi connectivity index (χ0n) is 19.5. The van der Waals surface area contributed by atoms with E-state index >= 15 is 0 Å². The maximum absolute atomic E-state index is 13.4. The number of carbonyl (C=O) groups excluding carboxylic acids is 4. The van der Waals surface area contributed by atoms with Gasteiger partial charge in [-0.3, -0.25) is 19.2 Å². The van der Waals surface area contributed by atoms with Gasteiger partial charge in [-0.15, -0.1) is 24.7 Å². The smallest absolute Gasteiger partial charge is 0.325 e. The normalized spacial score (nSPS) is 10.9. The Bertz CT molecular complexity index is 627. The Morgan fingerprint density at radius 1 is 0.594 bits per heavy atom. The predicted molar refractivity (Wildman–Crippen MR) is 117 cm³/mol. The Kier molecular flexibility index (Phi) is 13.5. The molecule has 0 saturated heterocycles. The Morgan fingerprint density at radius 2 is 0.844 bits per heavy atom. The van der Waals surface area contributed by atoms with Gasteiger partial charge in [-0.2, -0.15) is 0 Å². The molecule has 0 fully saturated rings. The van der Waals surface area contributed by atoms with Crippen LogP contribution in [0.4, 0.5) is 0 Å². The molecule has 32 heavy (non-hydrogen) atoms. The zero-order valence-corrected chi connectivity index (χ0v) is 19.5. The van der Waals surface area contributed by atoms with E-state index in [2.05, 4.69) is 11.8 Å². The van der Waals surface area contributed by atoms with Crippen molar-refractivity contribution in [1.82, 2.24) is 0 Å². The van der Waals surface area contributed by atoms with Crippen LogP contribution in [0.5, 0.6) is 0 Å². The van der Waals surface area contributed by atoms with Crippen LogP contribution in [-0.2, 0) is 38.1 Å². The van der Waals surface area contributed by atoms with Crippen LogP contribution in [0.1, 0.15) is 66.2 Å². The highest BCUT2D eigenvalue weighted by Gasteiger charge is 2.72. The van der Waals surface area contributed by atoms with Gasteiger partial charge in [-0.05, 0) is 53.4 Å². The van der Waals surface area contributed by atoms with Gasteiger partial charge in [0.2, 0.25) is 0 Å². The second-order valence-corrected chi connectivity index (χ2v) is 6.81. The molecular formula is C24H34O8. The van der Waals surface area contributed by atoms with E-state index in [4.69, 9.17) is 31.8 Å².